The lowest BCUT2D eigenvalue weighted by atomic mass is 9.89. The first-order valence-corrected chi connectivity index (χ1v) is 4.76. The highest BCUT2D eigenvalue weighted by molar-refractivity contribution is 5.66. The maximum atomic E-state index is 10.9. The highest BCUT2D eigenvalue weighted by Gasteiger charge is 2.28. The molecule has 0 aliphatic carbocycles. The first kappa shape index (κ1) is 12.9. The lowest BCUT2D eigenvalue weighted by molar-refractivity contribution is -0.155. The number of esters is 1. The quantitative estimate of drug-likeness (QED) is 0.510. The van der Waals surface area contributed by atoms with Crippen LogP contribution >= 0.6 is 0 Å². The van der Waals surface area contributed by atoms with Gasteiger partial charge in [0.25, 0.3) is 0 Å². The summed E-state index contributed by atoms with van der Waals surface area (Å²) in [6.07, 6.45) is 3.85. The van der Waals surface area contributed by atoms with Gasteiger partial charge in [-0.3, -0.25) is 4.79 Å². The first-order valence-electron chi connectivity index (χ1n) is 4.76. The normalized spacial score (nSPS) is 12.9. The van der Waals surface area contributed by atoms with Crippen LogP contribution < -0.4 is 0 Å². The van der Waals surface area contributed by atoms with Crippen LogP contribution in [0.1, 0.15) is 34.6 Å². The van der Waals surface area contributed by atoms with Crippen LogP contribution in [-0.2, 0) is 9.53 Å². The van der Waals surface area contributed by atoms with Crippen LogP contribution in [0.2, 0.25) is 0 Å². The van der Waals surface area contributed by atoms with Crippen molar-refractivity contribution < 1.29 is 9.53 Å². The van der Waals surface area contributed by atoms with Crippen LogP contribution in [0, 0.1) is 5.92 Å². The third-order valence-corrected chi connectivity index (χ3v) is 1.98. The average molecular weight is 196 g/mol. The van der Waals surface area contributed by atoms with Crippen LogP contribution in [-0.4, -0.2) is 11.6 Å². The molecule has 2 nitrogen and oxygen atoms in total. The molecule has 14 heavy (non-hydrogen) atoms. The SMILES string of the molecule is C=C[C@@H](C=C(C)C)C(C)(C)OC(C)=O. The van der Waals surface area contributed by atoms with Crippen molar-refractivity contribution >= 4 is 5.97 Å². The van der Waals surface area contributed by atoms with Gasteiger partial charge in [0.05, 0.1) is 0 Å². The molecule has 0 heterocycles. The molecule has 2 heteroatoms. The summed E-state index contributed by atoms with van der Waals surface area (Å²) in [5.74, 6) is -0.208. The van der Waals surface area contributed by atoms with Crippen LogP contribution in [0.5, 0.6) is 0 Å². The van der Waals surface area contributed by atoms with Crippen molar-refractivity contribution in [3.05, 3.63) is 24.3 Å². The Kier molecular flexibility index (Phi) is 4.61. The van der Waals surface area contributed by atoms with Gasteiger partial charge in [-0.25, -0.2) is 0 Å². The number of hydrogen-bond acceptors (Lipinski definition) is 2. The van der Waals surface area contributed by atoms with Gasteiger partial charge in [0.15, 0.2) is 0 Å². The van der Waals surface area contributed by atoms with E-state index in [0.717, 1.165) is 0 Å². The van der Waals surface area contributed by atoms with Gasteiger partial charge in [-0.15, -0.1) is 6.58 Å². The van der Waals surface area contributed by atoms with E-state index in [9.17, 15) is 4.79 Å². The minimum Gasteiger partial charge on any atom is -0.459 e. The lowest BCUT2D eigenvalue weighted by Gasteiger charge is -2.30. The fourth-order valence-corrected chi connectivity index (χ4v) is 1.35. The van der Waals surface area contributed by atoms with E-state index in [1.54, 1.807) is 6.08 Å². The average Bonchev–Trinajstić information content (AvgIpc) is 1.96. The van der Waals surface area contributed by atoms with E-state index in [4.69, 9.17) is 4.74 Å². The maximum absolute atomic E-state index is 10.9. The fraction of sp³-hybridized carbons (Fsp3) is 0.583. The third-order valence-electron chi connectivity index (χ3n) is 1.98. The van der Waals surface area contributed by atoms with Gasteiger partial charge in [0.2, 0.25) is 0 Å². The van der Waals surface area contributed by atoms with Crippen molar-refractivity contribution in [3.8, 4) is 0 Å². The predicted octanol–water partition coefficient (Wildman–Crippen LogP) is 3.10. The summed E-state index contributed by atoms with van der Waals surface area (Å²) < 4.78 is 5.24. The van der Waals surface area contributed by atoms with E-state index in [2.05, 4.69) is 12.7 Å². The second kappa shape index (κ2) is 4.99. The Bertz CT molecular complexity index is 245. The molecule has 80 valence electrons. The molecule has 0 amide bonds. The summed E-state index contributed by atoms with van der Waals surface area (Å²) in [6, 6.07) is 0. The Morgan fingerprint density at radius 2 is 1.86 bits per heavy atom. The minimum absolute atomic E-state index is 0.0522. The standard InChI is InChI=1S/C12H20O2/c1-7-11(8-9(2)3)12(5,6)14-10(4)13/h7-8,11H,1H2,2-6H3/t11-/m0/s1. The van der Waals surface area contributed by atoms with Crippen molar-refractivity contribution in [2.24, 2.45) is 5.92 Å². The summed E-state index contributed by atoms with van der Waals surface area (Å²) in [4.78, 5) is 10.9. The van der Waals surface area contributed by atoms with Gasteiger partial charge in [0, 0.05) is 12.8 Å². The molecule has 0 aromatic heterocycles. The zero-order chi connectivity index (χ0) is 11.4. The molecule has 0 fully saturated rings. The van der Waals surface area contributed by atoms with E-state index in [1.807, 2.05) is 27.7 Å². The molecular formula is C12H20O2. The first-order chi connectivity index (χ1) is 6.29. The smallest absolute Gasteiger partial charge is 0.303 e. The number of rotatable bonds is 4. The van der Waals surface area contributed by atoms with Crippen molar-refractivity contribution in [2.45, 2.75) is 40.2 Å². The molecule has 0 aliphatic heterocycles. The molecule has 0 bridgehead atoms. The molecule has 0 saturated carbocycles. The van der Waals surface area contributed by atoms with Crippen LogP contribution in [0.3, 0.4) is 0 Å². The Labute approximate surface area is 86.6 Å². The summed E-state index contributed by atoms with van der Waals surface area (Å²) in [5, 5.41) is 0. The summed E-state index contributed by atoms with van der Waals surface area (Å²) in [6.45, 7) is 13.0. The Morgan fingerprint density at radius 3 is 2.14 bits per heavy atom. The largest absolute Gasteiger partial charge is 0.459 e. The summed E-state index contributed by atoms with van der Waals surface area (Å²) in [7, 11) is 0. The summed E-state index contributed by atoms with van der Waals surface area (Å²) in [5.41, 5.74) is 0.667. The molecular weight excluding hydrogens is 176 g/mol. The van der Waals surface area contributed by atoms with E-state index >= 15 is 0 Å². The van der Waals surface area contributed by atoms with Crippen LogP contribution in [0.4, 0.5) is 0 Å². The Morgan fingerprint density at radius 1 is 1.36 bits per heavy atom. The van der Waals surface area contributed by atoms with Gasteiger partial charge in [-0.05, 0) is 27.7 Å². The van der Waals surface area contributed by atoms with Gasteiger partial charge in [-0.2, -0.15) is 0 Å². The van der Waals surface area contributed by atoms with Crippen molar-refractivity contribution in [1.82, 2.24) is 0 Å². The Balaban J connectivity index is 4.73. The van der Waals surface area contributed by atoms with Crippen molar-refractivity contribution in [1.29, 1.82) is 0 Å². The zero-order valence-corrected chi connectivity index (χ0v) is 9.76. The van der Waals surface area contributed by atoms with Gasteiger partial charge >= 0.3 is 5.97 Å². The van der Waals surface area contributed by atoms with E-state index < -0.39 is 5.60 Å². The predicted molar refractivity (Wildman–Crippen MR) is 59.0 cm³/mol. The number of allylic oxidation sites excluding steroid dienone is 1. The van der Waals surface area contributed by atoms with Gasteiger partial charge in [-0.1, -0.05) is 17.7 Å². The maximum Gasteiger partial charge on any atom is 0.303 e. The molecule has 0 spiro atoms. The van der Waals surface area contributed by atoms with Crippen molar-refractivity contribution in [2.75, 3.05) is 0 Å². The molecule has 0 saturated heterocycles. The molecule has 0 aromatic rings. The van der Waals surface area contributed by atoms with E-state index in [1.165, 1.54) is 12.5 Å². The molecule has 0 aliphatic rings. The molecule has 0 unspecified atom stereocenters. The van der Waals surface area contributed by atoms with Gasteiger partial charge < -0.3 is 4.74 Å². The number of carbonyl (C=O) groups is 1. The van der Waals surface area contributed by atoms with Crippen LogP contribution in [0.15, 0.2) is 24.3 Å². The Hall–Kier alpha value is -1.05. The monoisotopic (exact) mass is 196 g/mol. The molecule has 0 rings (SSSR count). The van der Waals surface area contributed by atoms with E-state index in [0.29, 0.717) is 0 Å². The second-order valence-electron chi connectivity index (χ2n) is 4.20. The topological polar surface area (TPSA) is 26.3 Å². The van der Waals surface area contributed by atoms with Crippen molar-refractivity contribution in [3.63, 3.8) is 0 Å². The highest BCUT2D eigenvalue weighted by Crippen LogP contribution is 2.25. The molecule has 0 N–H and O–H groups in total. The number of hydrogen-bond donors (Lipinski definition) is 0. The molecule has 0 aromatic carbocycles. The number of carbonyl (C=O) groups excluding carboxylic acids is 1. The number of ether oxygens (including phenoxy) is 1. The molecule has 1 atom stereocenters. The zero-order valence-electron chi connectivity index (χ0n) is 9.76. The third kappa shape index (κ3) is 4.26. The van der Waals surface area contributed by atoms with Crippen LogP contribution in [0.25, 0.3) is 0 Å². The molecule has 0 radical (unpaired) electrons. The summed E-state index contributed by atoms with van der Waals surface area (Å²) >= 11 is 0. The van der Waals surface area contributed by atoms with Gasteiger partial charge in [0.1, 0.15) is 5.60 Å². The fourth-order valence-electron chi connectivity index (χ4n) is 1.35. The minimum atomic E-state index is -0.523. The second-order valence-corrected chi connectivity index (χ2v) is 4.20. The van der Waals surface area contributed by atoms with E-state index in [-0.39, 0.29) is 11.9 Å². The highest BCUT2D eigenvalue weighted by atomic mass is 16.6. The lowest BCUT2D eigenvalue weighted by Crippen LogP contribution is -2.34.